The summed E-state index contributed by atoms with van der Waals surface area (Å²) in [5, 5.41) is 5.82. The summed E-state index contributed by atoms with van der Waals surface area (Å²) in [6.45, 7) is 4.71. The molecule has 0 aliphatic carbocycles. The number of hydrogen-bond donors (Lipinski definition) is 2. The van der Waals surface area contributed by atoms with Crippen LogP contribution in [0.4, 0.5) is 5.82 Å². The lowest BCUT2D eigenvalue weighted by molar-refractivity contribution is -0.121. The fraction of sp³-hybridized carbons (Fsp3) is 0.500. The van der Waals surface area contributed by atoms with Crippen molar-refractivity contribution < 1.29 is 9.53 Å². The van der Waals surface area contributed by atoms with E-state index in [1.54, 1.807) is 14.0 Å². The zero-order valence-corrected chi connectivity index (χ0v) is 12.4. The molecule has 0 bridgehead atoms. The van der Waals surface area contributed by atoms with Crippen molar-refractivity contribution in [3.05, 3.63) is 22.3 Å². The molecular formula is C12H18BrN3O2. The van der Waals surface area contributed by atoms with Crippen molar-refractivity contribution in [3.63, 3.8) is 0 Å². The number of ether oxygens (including phenoxy) is 1. The van der Waals surface area contributed by atoms with Gasteiger partial charge in [0.25, 0.3) is 0 Å². The molecule has 0 saturated carbocycles. The first kappa shape index (κ1) is 14.9. The van der Waals surface area contributed by atoms with Crippen molar-refractivity contribution in [2.24, 2.45) is 0 Å². The summed E-state index contributed by atoms with van der Waals surface area (Å²) < 4.78 is 5.82. The number of nitrogens with one attached hydrogen (secondary N) is 2. The van der Waals surface area contributed by atoms with E-state index in [1.807, 2.05) is 19.1 Å². The van der Waals surface area contributed by atoms with Crippen LogP contribution in [0.15, 0.2) is 16.6 Å². The maximum Gasteiger partial charge on any atom is 0.242 e. The lowest BCUT2D eigenvalue weighted by Gasteiger charge is -2.15. The molecule has 5 nitrogen and oxygen atoms in total. The summed E-state index contributed by atoms with van der Waals surface area (Å²) in [5.41, 5.74) is 0.881. The topological polar surface area (TPSA) is 63.2 Å². The standard InChI is InChI=1S/C12H18BrN3O2/c1-8-10(13)4-5-11(15-8)16-9(2)12(17)14-6-7-18-3/h4-5,9H,6-7H2,1-3H3,(H,14,17)(H,15,16). The predicted octanol–water partition coefficient (Wildman–Crippen LogP) is 1.72. The lowest BCUT2D eigenvalue weighted by Crippen LogP contribution is -2.39. The number of carbonyl (C=O) groups excluding carboxylic acids is 1. The number of pyridine rings is 1. The number of aromatic nitrogens is 1. The molecule has 1 unspecified atom stereocenters. The van der Waals surface area contributed by atoms with E-state index in [0.717, 1.165) is 10.2 Å². The Balaban J connectivity index is 2.50. The molecule has 100 valence electrons. The Morgan fingerprint density at radius 2 is 2.28 bits per heavy atom. The van der Waals surface area contributed by atoms with Gasteiger partial charge in [-0.05, 0) is 41.9 Å². The molecule has 0 fully saturated rings. The number of hydrogen-bond acceptors (Lipinski definition) is 4. The quantitative estimate of drug-likeness (QED) is 0.785. The van der Waals surface area contributed by atoms with Gasteiger partial charge in [0.1, 0.15) is 11.9 Å². The smallest absolute Gasteiger partial charge is 0.242 e. The number of rotatable bonds is 6. The minimum Gasteiger partial charge on any atom is -0.383 e. The lowest BCUT2D eigenvalue weighted by atomic mass is 10.3. The Hall–Kier alpha value is -1.14. The van der Waals surface area contributed by atoms with Crippen molar-refractivity contribution in [2.45, 2.75) is 19.9 Å². The Bertz CT molecular complexity index is 412. The molecule has 1 amide bonds. The van der Waals surface area contributed by atoms with Crippen LogP contribution in [0.2, 0.25) is 0 Å². The van der Waals surface area contributed by atoms with Crippen molar-refractivity contribution in [3.8, 4) is 0 Å². The maximum atomic E-state index is 11.7. The molecule has 1 rings (SSSR count). The van der Waals surface area contributed by atoms with E-state index >= 15 is 0 Å². The van der Waals surface area contributed by atoms with Crippen LogP contribution < -0.4 is 10.6 Å². The Labute approximate surface area is 115 Å². The second kappa shape index (κ2) is 7.33. The summed E-state index contributed by atoms with van der Waals surface area (Å²) >= 11 is 3.38. The molecular weight excluding hydrogens is 298 g/mol. The minimum absolute atomic E-state index is 0.0746. The molecule has 0 aliphatic rings. The highest BCUT2D eigenvalue weighted by atomic mass is 79.9. The predicted molar refractivity (Wildman–Crippen MR) is 74.6 cm³/mol. The molecule has 0 radical (unpaired) electrons. The molecule has 0 aliphatic heterocycles. The molecule has 6 heteroatoms. The first-order valence-corrected chi connectivity index (χ1v) is 6.50. The van der Waals surface area contributed by atoms with Gasteiger partial charge in [-0.3, -0.25) is 4.79 Å². The Morgan fingerprint density at radius 3 is 2.89 bits per heavy atom. The van der Waals surface area contributed by atoms with Crippen LogP contribution in [0.3, 0.4) is 0 Å². The summed E-state index contributed by atoms with van der Waals surface area (Å²) in [7, 11) is 1.60. The second-order valence-electron chi connectivity index (χ2n) is 3.91. The van der Waals surface area contributed by atoms with E-state index < -0.39 is 0 Å². The molecule has 1 heterocycles. The number of methoxy groups -OCH3 is 1. The zero-order chi connectivity index (χ0) is 13.5. The van der Waals surface area contributed by atoms with Crippen LogP contribution in [-0.4, -0.2) is 37.2 Å². The third kappa shape index (κ3) is 4.62. The SMILES string of the molecule is COCCNC(=O)C(C)Nc1ccc(Br)c(C)n1. The maximum absolute atomic E-state index is 11.7. The van der Waals surface area contributed by atoms with Gasteiger partial charge < -0.3 is 15.4 Å². The highest BCUT2D eigenvalue weighted by Crippen LogP contribution is 2.16. The number of carbonyl (C=O) groups is 1. The molecule has 0 saturated heterocycles. The average Bonchev–Trinajstić information content (AvgIpc) is 2.34. The Kier molecular flexibility index (Phi) is 6.07. The number of anilines is 1. The molecule has 0 spiro atoms. The van der Waals surface area contributed by atoms with Gasteiger partial charge >= 0.3 is 0 Å². The van der Waals surface area contributed by atoms with Gasteiger partial charge in [0.2, 0.25) is 5.91 Å². The normalized spacial score (nSPS) is 12.0. The largest absolute Gasteiger partial charge is 0.383 e. The summed E-state index contributed by atoms with van der Waals surface area (Å²) in [6.07, 6.45) is 0. The number of nitrogens with zero attached hydrogens (tertiary/aromatic N) is 1. The van der Waals surface area contributed by atoms with Gasteiger partial charge in [0.05, 0.1) is 12.3 Å². The van der Waals surface area contributed by atoms with Crippen LogP contribution >= 0.6 is 15.9 Å². The van der Waals surface area contributed by atoms with Crippen molar-refractivity contribution in [1.82, 2.24) is 10.3 Å². The second-order valence-corrected chi connectivity index (χ2v) is 4.77. The highest BCUT2D eigenvalue weighted by molar-refractivity contribution is 9.10. The van der Waals surface area contributed by atoms with Crippen LogP contribution in [0.1, 0.15) is 12.6 Å². The Morgan fingerprint density at radius 1 is 1.56 bits per heavy atom. The van der Waals surface area contributed by atoms with Gasteiger partial charge in [-0.15, -0.1) is 0 Å². The highest BCUT2D eigenvalue weighted by Gasteiger charge is 2.12. The molecule has 1 atom stereocenters. The van der Waals surface area contributed by atoms with Gasteiger partial charge in [-0.2, -0.15) is 0 Å². The zero-order valence-electron chi connectivity index (χ0n) is 10.8. The number of amides is 1. The molecule has 2 N–H and O–H groups in total. The molecule has 1 aromatic heterocycles. The average molecular weight is 316 g/mol. The van der Waals surface area contributed by atoms with E-state index in [2.05, 4.69) is 31.5 Å². The molecule has 0 aromatic carbocycles. The minimum atomic E-state index is -0.338. The van der Waals surface area contributed by atoms with Crippen molar-refractivity contribution in [2.75, 3.05) is 25.6 Å². The third-order valence-electron chi connectivity index (χ3n) is 2.38. The third-order valence-corrected chi connectivity index (χ3v) is 3.22. The monoisotopic (exact) mass is 315 g/mol. The summed E-state index contributed by atoms with van der Waals surface area (Å²) in [5.74, 6) is 0.611. The molecule has 18 heavy (non-hydrogen) atoms. The van der Waals surface area contributed by atoms with Crippen molar-refractivity contribution >= 4 is 27.7 Å². The van der Waals surface area contributed by atoms with Crippen LogP contribution in [-0.2, 0) is 9.53 Å². The van der Waals surface area contributed by atoms with Crippen LogP contribution in [0.25, 0.3) is 0 Å². The number of aryl methyl sites for hydroxylation is 1. The van der Waals surface area contributed by atoms with E-state index in [-0.39, 0.29) is 11.9 Å². The summed E-state index contributed by atoms with van der Waals surface area (Å²) in [6, 6.07) is 3.39. The van der Waals surface area contributed by atoms with E-state index in [0.29, 0.717) is 19.0 Å². The van der Waals surface area contributed by atoms with Gasteiger partial charge in [0, 0.05) is 18.1 Å². The van der Waals surface area contributed by atoms with Crippen LogP contribution in [0, 0.1) is 6.92 Å². The van der Waals surface area contributed by atoms with Gasteiger partial charge in [-0.1, -0.05) is 0 Å². The van der Waals surface area contributed by atoms with Crippen molar-refractivity contribution in [1.29, 1.82) is 0 Å². The van der Waals surface area contributed by atoms with E-state index in [1.165, 1.54) is 0 Å². The fourth-order valence-corrected chi connectivity index (χ4v) is 1.56. The first-order valence-electron chi connectivity index (χ1n) is 5.71. The first-order chi connectivity index (χ1) is 8.54. The van der Waals surface area contributed by atoms with Gasteiger partial charge in [0.15, 0.2) is 0 Å². The van der Waals surface area contributed by atoms with E-state index in [9.17, 15) is 4.79 Å². The summed E-state index contributed by atoms with van der Waals surface area (Å²) in [4.78, 5) is 16.0. The van der Waals surface area contributed by atoms with E-state index in [4.69, 9.17) is 4.74 Å². The number of halogens is 1. The van der Waals surface area contributed by atoms with Crippen LogP contribution in [0.5, 0.6) is 0 Å². The molecule has 1 aromatic rings. The van der Waals surface area contributed by atoms with Gasteiger partial charge in [-0.25, -0.2) is 4.98 Å². The fourth-order valence-electron chi connectivity index (χ4n) is 1.34.